The molecule has 0 radical (unpaired) electrons. The van der Waals surface area contributed by atoms with Crippen molar-refractivity contribution in [3.63, 3.8) is 0 Å². The molecule has 148 valence electrons. The minimum absolute atomic E-state index is 0.119. The van der Waals surface area contributed by atoms with Crippen LogP contribution in [0.5, 0.6) is 0 Å². The summed E-state index contributed by atoms with van der Waals surface area (Å²) in [6, 6.07) is 16.9. The van der Waals surface area contributed by atoms with Crippen LogP contribution in [0.15, 0.2) is 59.1 Å². The summed E-state index contributed by atoms with van der Waals surface area (Å²) in [5, 5.41) is 2.94. The molecule has 2 aromatic carbocycles. The molecule has 0 aliphatic heterocycles. The van der Waals surface area contributed by atoms with Crippen LogP contribution >= 0.6 is 15.9 Å². The Morgan fingerprint density at radius 3 is 2.50 bits per heavy atom. The fourth-order valence-corrected chi connectivity index (χ4v) is 4.46. The predicted octanol–water partition coefficient (Wildman–Crippen LogP) is 6.01. The molecule has 2 aromatic rings. The number of anilines is 1. The lowest BCUT2D eigenvalue weighted by atomic mass is 9.92. The van der Waals surface area contributed by atoms with Gasteiger partial charge in [0, 0.05) is 21.8 Å². The minimum Gasteiger partial charge on any atom is -0.323 e. The SMILES string of the molecule is C[N+](C)(Cc1ccc(NC(=O)C=Cc2cccc(Br)c2)cc1)C1CCCCC1. The molecule has 1 amide bonds. The maximum atomic E-state index is 12.2. The first-order chi connectivity index (χ1) is 13.4. The van der Waals surface area contributed by atoms with Gasteiger partial charge in [-0.15, -0.1) is 0 Å². The lowest BCUT2D eigenvalue weighted by Gasteiger charge is -2.40. The molecule has 1 N–H and O–H groups in total. The standard InChI is InChI=1S/C24H29BrN2O/c1-27(2,23-9-4-3-5-10-23)18-20-11-14-22(15-12-20)26-24(28)16-13-19-7-6-8-21(25)17-19/h6-8,11-17,23H,3-5,9-10,18H2,1-2H3/p+1. The van der Waals surface area contributed by atoms with E-state index in [-0.39, 0.29) is 5.91 Å². The van der Waals surface area contributed by atoms with Crippen LogP contribution in [0.2, 0.25) is 0 Å². The van der Waals surface area contributed by atoms with Crippen molar-refractivity contribution < 1.29 is 9.28 Å². The van der Waals surface area contributed by atoms with E-state index in [1.165, 1.54) is 37.7 Å². The fourth-order valence-electron chi connectivity index (χ4n) is 4.04. The Kier molecular flexibility index (Phi) is 7.08. The van der Waals surface area contributed by atoms with Crippen molar-refractivity contribution in [3.05, 3.63) is 70.2 Å². The van der Waals surface area contributed by atoms with Crippen molar-refractivity contribution in [1.82, 2.24) is 0 Å². The number of hydrogen-bond donors (Lipinski definition) is 1. The second kappa shape index (κ2) is 9.53. The van der Waals surface area contributed by atoms with Crippen molar-refractivity contribution in [2.45, 2.75) is 44.7 Å². The van der Waals surface area contributed by atoms with Crippen LogP contribution in [0.1, 0.15) is 43.2 Å². The first kappa shape index (κ1) is 20.8. The van der Waals surface area contributed by atoms with Gasteiger partial charge in [0.2, 0.25) is 5.91 Å². The van der Waals surface area contributed by atoms with Gasteiger partial charge in [-0.1, -0.05) is 46.6 Å². The van der Waals surface area contributed by atoms with Gasteiger partial charge in [-0.3, -0.25) is 4.79 Å². The molecule has 1 aliphatic carbocycles. The number of carbonyl (C=O) groups excluding carboxylic acids is 1. The van der Waals surface area contributed by atoms with E-state index in [1.54, 1.807) is 6.08 Å². The Morgan fingerprint density at radius 1 is 1.11 bits per heavy atom. The molecule has 0 aromatic heterocycles. The molecule has 28 heavy (non-hydrogen) atoms. The summed E-state index contributed by atoms with van der Waals surface area (Å²) in [6.07, 6.45) is 10.2. The highest BCUT2D eigenvalue weighted by Gasteiger charge is 2.29. The third-order valence-electron chi connectivity index (χ3n) is 5.65. The lowest BCUT2D eigenvalue weighted by molar-refractivity contribution is -0.929. The van der Waals surface area contributed by atoms with E-state index in [4.69, 9.17) is 0 Å². The number of rotatable bonds is 6. The summed E-state index contributed by atoms with van der Waals surface area (Å²) < 4.78 is 2.04. The van der Waals surface area contributed by atoms with Crippen LogP contribution in [-0.4, -0.2) is 30.5 Å². The van der Waals surface area contributed by atoms with Gasteiger partial charge in [0.05, 0.1) is 20.1 Å². The van der Waals surface area contributed by atoms with Crippen LogP contribution < -0.4 is 5.32 Å². The van der Waals surface area contributed by atoms with Crippen LogP contribution in [0.4, 0.5) is 5.69 Å². The maximum Gasteiger partial charge on any atom is 0.248 e. The lowest BCUT2D eigenvalue weighted by Crippen LogP contribution is -2.48. The predicted molar refractivity (Wildman–Crippen MR) is 121 cm³/mol. The van der Waals surface area contributed by atoms with Gasteiger partial charge in [0.1, 0.15) is 6.54 Å². The van der Waals surface area contributed by atoms with Crippen molar-refractivity contribution in [3.8, 4) is 0 Å². The number of halogens is 1. The van der Waals surface area contributed by atoms with Crippen LogP contribution in [-0.2, 0) is 11.3 Å². The number of nitrogens with one attached hydrogen (secondary N) is 1. The van der Waals surface area contributed by atoms with Gasteiger partial charge >= 0.3 is 0 Å². The number of quaternary nitrogens is 1. The first-order valence-corrected chi connectivity index (χ1v) is 10.9. The van der Waals surface area contributed by atoms with Crippen LogP contribution in [0, 0.1) is 0 Å². The molecular weight excluding hydrogens is 412 g/mol. The molecule has 0 saturated heterocycles. The fraction of sp³-hybridized carbons (Fsp3) is 0.375. The van der Waals surface area contributed by atoms with Gasteiger partial charge < -0.3 is 9.80 Å². The number of hydrogen-bond acceptors (Lipinski definition) is 1. The molecule has 0 heterocycles. The smallest absolute Gasteiger partial charge is 0.248 e. The summed E-state index contributed by atoms with van der Waals surface area (Å²) >= 11 is 3.44. The van der Waals surface area contributed by atoms with Gasteiger partial charge in [0.15, 0.2) is 0 Å². The monoisotopic (exact) mass is 441 g/mol. The van der Waals surface area contributed by atoms with Crippen LogP contribution in [0.3, 0.4) is 0 Å². The third-order valence-corrected chi connectivity index (χ3v) is 6.14. The second-order valence-corrected chi connectivity index (χ2v) is 9.22. The zero-order valence-corrected chi connectivity index (χ0v) is 18.4. The Bertz CT molecular complexity index is 821. The molecule has 1 aliphatic rings. The van der Waals surface area contributed by atoms with Crippen molar-refractivity contribution in [2.24, 2.45) is 0 Å². The zero-order valence-electron chi connectivity index (χ0n) is 16.8. The van der Waals surface area contributed by atoms with Crippen molar-refractivity contribution in [2.75, 3.05) is 19.4 Å². The number of benzene rings is 2. The van der Waals surface area contributed by atoms with E-state index in [9.17, 15) is 4.79 Å². The molecule has 1 fully saturated rings. The highest BCUT2D eigenvalue weighted by molar-refractivity contribution is 9.10. The van der Waals surface area contributed by atoms with Gasteiger partial charge in [-0.2, -0.15) is 0 Å². The quantitative estimate of drug-likeness (QED) is 0.431. The average molecular weight is 442 g/mol. The highest BCUT2D eigenvalue weighted by Crippen LogP contribution is 2.27. The summed E-state index contributed by atoms with van der Waals surface area (Å²) in [6.45, 7) is 1.03. The number of amides is 1. The first-order valence-electron chi connectivity index (χ1n) is 10.1. The summed E-state index contributed by atoms with van der Waals surface area (Å²) in [7, 11) is 4.69. The molecule has 1 saturated carbocycles. The maximum absolute atomic E-state index is 12.2. The summed E-state index contributed by atoms with van der Waals surface area (Å²) in [4.78, 5) is 12.2. The van der Waals surface area contributed by atoms with E-state index in [0.29, 0.717) is 0 Å². The highest BCUT2D eigenvalue weighted by atomic mass is 79.9. The summed E-state index contributed by atoms with van der Waals surface area (Å²) in [5.74, 6) is -0.119. The Hall–Kier alpha value is -1.91. The van der Waals surface area contributed by atoms with E-state index < -0.39 is 0 Å². The van der Waals surface area contributed by atoms with Crippen molar-refractivity contribution in [1.29, 1.82) is 0 Å². The van der Waals surface area contributed by atoms with E-state index >= 15 is 0 Å². The number of nitrogens with zero attached hydrogens (tertiary/aromatic N) is 1. The Balaban J connectivity index is 1.55. The van der Waals surface area contributed by atoms with Crippen LogP contribution in [0.25, 0.3) is 6.08 Å². The van der Waals surface area contributed by atoms with E-state index in [2.05, 4.69) is 47.5 Å². The van der Waals surface area contributed by atoms with E-state index in [0.717, 1.165) is 32.8 Å². The number of carbonyl (C=O) groups is 1. The minimum atomic E-state index is -0.119. The molecule has 4 heteroatoms. The largest absolute Gasteiger partial charge is 0.323 e. The zero-order chi connectivity index (χ0) is 20.0. The van der Waals surface area contributed by atoms with Crippen molar-refractivity contribution >= 4 is 33.6 Å². The molecule has 3 rings (SSSR count). The van der Waals surface area contributed by atoms with Gasteiger partial charge in [-0.05, 0) is 61.6 Å². The second-order valence-electron chi connectivity index (χ2n) is 8.30. The Labute approximate surface area is 177 Å². The van der Waals surface area contributed by atoms with Gasteiger partial charge in [0.25, 0.3) is 0 Å². The molecule has 0 atom stereocenters. The normalized spacial score (nSPS) is 15.7. The molecular formula is C24H30BrN2O+. The third kappa shape index (κ3) is 6.05. The molecule has 0 unspecified atom stereocenters. The average Bonchev–Trinajstić information content (AvgIpc) is 2.68. The topological polar surface area (TPSA) is 29.1 Å². The summed E-state index contributed by atoms with van der Waals surface area (Å²) in [5.41, 5.74) is 3.14. The van der Waals surface area contributed by atoms with E-state index in [1.807, 2.05) is 42.5 Å². The molecule has 3 nitrogen and oxygen atoms in total. The molecule has 0 bridgehead atoms. The van der Waals surface area contributed by atoms with Gasteiger partial charge in [-0.25, -0.2) is 0 Å². The Morgan fingerprint density at radius 2 is 1.82 bits per heavy atom. The molecule has 0 spiro atoms.